The van der Waals surface area contributed by atoms with E-state index >= 15 is 0 Å². The van der Waals surface area contributed by atoms with Gasteiger partial charge in [-0.25, -0.2) is 13.8 Å². The van der Waals surface area contributed by atoms with Crippen molar-refractivity contribution in [3.63, 3.8) is 0 Å². The van der Waals surface area contributed by atoms with E-state index in [1.807, 2.05) is 0 Å². The van der Waals surface area contributed by atoms with Gasteiger partial charge in [-0.3, -0.25) is 14.4 Å². The van der Waals surface area contributed by atoms with E-state index in [2.05, 4.69) is 25.9 Å². The molecule has 3 aromatic rings. The Labute approximate surface area is 227 Å². The first kappa shape index (κ1) is 27.0. The number of piperidine rings is 1. The number of aryl methyl sites for hydroxylation is 1. The Bertz CT molecular complexity index is 1510. The molecule has 0 radical (unpaired) electrons. The maximum Gasteiger partial charge on any atom is 0.316 e. The van der Waals surface area contributed by atoms with Gasteiger partial charge in [0.2, 0.25) is 11.9 Å². The quantitative estimate of drug-likeness (QED) is 0.356. The van der Waals surface area contributed by atoms with Crippen LogP contribution in [0.25, 0.3) is 11.0 Å². The van der Waals surface area contributed by atoms with Crippen LogP contribution in [0.2, 0.25) is 5.02 Å². The Morgan fingerprint density at radius 1 is 1.15 bits per heavy atom. The van der Waals surface area contributed by atoms with Crippen LogP contribution in [-0.2, 0) is 17.9 Å². The third-order valence-electron chi connectivity index (χ3n) is 7.15. The number of alkyl halides is 2. The predicted octanol–water partition coefficient (Wildman–Crippen LogP) is 1.94. The van der Waals surface area contributed by atoms with Gasteiger partial charge in [-0.05, 0) is 18.2 Å². The highest BCUT2D eigenvalue weighted by Crippen LogP contribution is 2.31. The van der Waals surface area contributed by atoms with Crippen molar-refractivity contribution in [3.05, 3.63) is 50.1 Å². The summed E-state index contributed by atoms with van der Waals surface area (Å²) in [6, 6.07) is 5.18. The van der Waals surface area contributed by atoms with Gasteiger partial charge in [-0.15, -0.1) is 0 Å². The van der Waals surface area contributed by atoms with Gasteiger partial charge >= 0.3 is 11.1 Å². The molecule has 2 aliphatic heterocycles. The fourth-order valence-electron chi connectivity index (χ4n) is 4.74. The molecule has 208 valence electrons. The molecule has 0 bridgehead atoms. The van der Waals surface area contributed by atoms with Crippen molar-refractivity contribution >= 4 is 46.0 Å². The third kappa shape index (κ3) is 5.74. The molecule has 1 amide bonds. The molecule has 2 aliphatic rings. The number of amides is 1. The highest BCUT2D eigenvalue weighted by molar-refractivity contribution is 6.32. The van der Waals surface area contributed by atoms with E-state index < -0.39 is 17.0 Å². The van der Waals surface area contributed by atoms with Crippen LogP contribution in [0, 0.1) is 5.92 Å². The summed E-state index contributed by atoms with van der Waals surface area (Å²) in [5, 5.41) is 9.05. The maximum atomic E-state index is 13.6. The van der Waals surface area contributed by atoms with Gasteiger partial charge in [0.1, 0.15) is 5.02 Å². The second-order valence-corrected chi connectivity index (χ2v) is 10.3. The standard InChI is InChI=1S/C25H29ClF2N8O3/c1-29-20(37)4-7-35-19-10-16(2-3-18(19)36(23(39)22(35)38)14-15-11-30-12-15)32-21-17(26)13-31-24(33-21)34-8-5-25(27,28)6-9-34/h2-3,10,13,15,30H,4-9,11-12,14H2,1H3,(H,29,37)(H,31,32,33). The zero-order valence-corrected chi connectivity index (χ0v) is 22.1. The lowest BCUT2D eigenvalue weighted by molar-refractivity contribution is -0.120. The van der Waals surface area contributed by atoms with Crippen LogP contribution in [0.1, 0.15) is 19.3 Å². The van der Waals surface area contributed by atoms with Crippen LogP contribution in [0.3, 0.4) is 0 Å². The van der Waals surface area contributed by atoms with Crippen LogP contribution in [-0.4, -0.2) is 64.2 Å². The van der Waals surface area contributed by atoms with Crippen LogP contribution >= 0.6 is 11.6 Å². The number of benzene rings is 1. The van der Waals surface area contributed by atoms with Crippen LogP contribution < -0.4 is 32.0 Å². The predicted molar refractivity (Wildman–Crippen MR) is 144 cm³/mol. The Morgan fingerprint density at radius 3 is 2.54 bits per heavy atom. The Morgan fingerprint density at radius 2 is 1.87 bits per heavy atom. The van der Waals surface area contributed by atoms with Crippen LogP contribution in [0.5, 0.6) is 0 Å². The lowest BCUT2D eigenvalue weighted by Gasteiger charge is -2.31. The van der Waals surface area contributed by atoms with Crippen molar-refractivity contribution in [2.24, 2.45) is 5.92 Å². The van der Waals surface area contributed by atoms with Crippen LogP contribution in [0.15, 0.2) is 34.0 Å². The summed E-state index contributed by atoms with van der Waals surface area (Å²) in [6.07, 6.45) is 0.871. The largest absolute Gasteiger partial charge is 0.359 e. The molecule has 0 spiro atoms. The average Bonchev–Trinajstić information content (AvgIpc) is 2.89. The summed E-state index contributed by atoms with van der Waals surface area (Å²) in [5.41, 5.74) is 0.229. The van der Waals surface area contributed by atoms with Gasteiger partial charge in [0.25, 0.3) is 5.92 Å². The molecule has 5 rings (SSSR count). The molecule has 0 aliphatic carbocycles. The van der Waals surface area contributed by atoms with Gasteiger partial charge in [0.15, 0.2) is 5.82 Å². The third-order valence-corrected chi connectivity index (χ3v) is 7.43. The molecule has 0 unspecified atom stereocenters. The lowest BCUT2D eigenvalue weighted by Crippen LogP contribution is -2.48. The molecule has 2 fully saturated rings. The first-order chi connectivity index (χ1) is 18.6. The Hall–Kier alpha value is -3.58. The lowest BCUT2D eigenvalue weighted by atomic mass is 10.0. The van der Waals surface area contributed by atoms with Crippen LogP contribution in [0.4, 0.5) is 26.2 Å². The summed E-state index contributed by atoms with van der Waals surface area (Å²) in [4.78, 5) is 48.5. The second kappa shape index (κ2) is 10.9. The number of aromatic nitrogens is 4. The van der Waals surface area contributed by atoms with E-state index in [-0.39, 0.29) is 67.5 Å². The first-order valence-electron chi connectivity index (χ1n) is 12.8. The van der Waals surface area contributed by atoms with E-state index in [0.29, 0.717) is 23.3 Å². The van der Waals surface area contributed by atoms with E-state index in [1.54, 1.807) is 23.1 Å². The Kier molecular flexibility index (Phi) is 7.54. The average molecular weight is 563 g/mol. The zero-order valence-electron chi connectivity index (χ0n) is 21.3. The minimum absolute atomic E-state index is 0.0230. The number of nitrogens with one attached hydrogen (secondary N) is 3. The summed E-state index contributed by atoms with van der Waals surface area (Å²) < 4.78 is 30.0. The number of halogens is 3. The fourth-order valence-corrected chi connectivity index (χ4v) is 4.88. The highest BCUT2D eigenvalue weighted by atomic mass is 35.5. The van der Waals surface area contributed by atoms with Crippen molar-refractivity contribution in [3.8, 4) is 0 Å². The number of hydrogen-bond acceptors (Lipinski definition) is 8. The number of carbonyl (C=O) groups excluding carboxylic acids is 1. The summed E-state index contributed by atoms with van der Waals surface area (Å²) in [5.74, 6) is -2.17. The van der Waals surface area contributed by atoms with Gasteiger partial charge in [0, 0.05) is 77.2 Å². The van der Waals surface area contributed by atoms with Gasteiger partial charge < -0.3 is 30.0 Å². The first-order valence-corrected chi connectivity index (χ1v) is 13.1. The molecule has 2 aromatic heterocycles. The van der Waals surface area contributed by atoms with Crippen molar-refractivity contribution in [1.82, 2.24) is 29.7 Å². The number of rotatable bonds is 8. The van der Waals surface area contributed by atoms with E-state index in [4.69, 9.17) is 11.6 Å². The zero-order chi connectivity index (χ0) is 27.7. The van der Waals surface area contributed by atoms with E-state index in [1.165, 1.54) is 22.4 Å². The molecule has 0 atom stereocenters. The SMILES string of the molecule is CNC(=O)CCn1c(=O)c(=O)n(CC2CNC2)c2ccc(Nc3nc(N4CCC(F)(F)CC4)ncc3Cl)cc21. The molecule has 4 heterocycles. The van der Waals surface area contributed by atoms with Crippen molar-refractivity contribution in [2.45, 2.75) is 38.3 Å². The van der Waals surface area contributed by atoms with E-state index in [9.17, 15) is 23.2 Å². The molecule has 2 saturated heterocycles. The number of hydrogen-bond donors (Lipinski definition) is 3. The number of carbonyl (C=O) groups is 1. The Balaban J connectivity index is 1.50. The number of anilines is 3. The molecular formula is C25H29ClF2N8O3. The fraction of sp³-hybridized carbons (Fsp3) is 0.480. The molecule has 0 saturated carbocycles. The molecule has 1 aromatic carbocycles. The maximum absolute atomic E-state index is 13.6. The second-order valence-electron chi connectivity index (χ2n) is 9.86. The smallest absolute Gasteiger partial charge is 0.316 e. The monoisotopic (exact) mass is 562 g/mol. The number of nitrogens with zero attached hydrogens (tertiary/aromatic N) is 5. The summed E-state index contributed by atoms with van der Waals surface area (Å²) in [7, 11) is 1.50. The highest BCUT2D eigenvalue weighted by Gasteiger charge is 2.35. The van der Waals surface area contributed by atoms with Crippen molar-refractivity contribution in [1.29, 1.82) is 0 Å². The molecule has 39 heavy (non-hydrogen) atoms. The van der Waals surface area contributed by atoms with Gasteiger partial charge in [-0.2, -0.15) is 4.98 Å². The van der Waals surface area contributed by atoms with Gasteiger partial charge in [0.05, 0.1) is 17.2 Å². The molecular weight excluding hydrogens is 534 g/mol. The van der Waals surface area contributed by atoms with Crippen molar-refractivity contribution < 1.29 is 13.6 Å². The summed E-state index contributed by atoms with van der Waals surface area (Å²) >= 11 is 6.35. The van der Waals surface area contributed by atoms with Crippen molar-refractivity contribution in [2.75, 3.05) is 43.4 Å². The van der Waals surface area contributed by atoms with Gasteiger partial charge in [-0.1, -0.05) is 11.6 Å². The minimum Gasteiger partial charge on any atom is -0.359 e. The molecule has 11 nitrogen and oxygen atoms in total. The normalized spacial score (nSPS) is 17.2. The topological polar surface area (TPSA) is 126 Å². The summed E-state index contributed by atoms with van der Waals surface area (Å²) in [6.45, 7) is 2.19. The minimum atomic E-state index is -2.70. The molecule has 3 N–H and O–H groups in total. The molecule has 14 heteroatoms. The number of fused-ring (bicyclic) bond motifs is 1. The van der Waals surface area contributed by atoms with E-state index in [0.717, 1.165) is 13.1 Å².